The molecular weight excluding hydrogens is 254 g/mol. The molecule has 1 aliphatic carbocycles. The molecule has 1 saturated carbocycles. The zero-order valence-corrected chi connectivity index (χ0v) is 12.2. The van der Waals surface area contributed by atoms with Crippen LogP contribution in [0, 0.1) is 5.92 Å². The molecule has 20 heavy (non-hydrogen) atoms. The van der Waals surface area contributed by atoms with Gasteiger partial charge in [-0.25, -0.2) is 0 Å². The molecule has 0 unspecified atom stereocenters. The maximum absolute atomic E-state index is 8.87. The second-order valence-corrected chi connectivity index (χ2v) is 5.45. The Morgan fingerprint density at radius 3 is 2.75 bits per heavy atom. The van der Waals surface area contributed by atoms with Gasteiger partial charge in [0.2, 0.25) is 0 Å². The minimum Gasteiger partial charge on any atom is -0.409 e. The first-order valence-corrected chi connectivity index (χ1v) is 7.19. The van der Waals surface area contributed by atoms with Crippen molar-refractivity contribution in [2.75, 3.05) is 11.9 Å². The van der Waals surface area contributed by atoms with Crippen LogP contribution in [0.5, 0.6) is 0 Å². The van der Waals surface area contributed by atoms with Gasteiger partial charge >= 0.3 is 0 Å². The lowest BCUT2D eigenvalue weighted by atomic mass is 9.84. The minimum absolute atomic E-state index is 0.0731. The number of hydrogen-bond donors (Lipinski definition) is 2. The normalized spacial score (nSPS) is 23.6. The summed E-state index contributed by atoms with van der Waals surface area (Å²) in [6.45, 7) is 2.26. The summed E-state index contributed by atoms with van der Waals surface area (Å²) in [5.41, 5.74) is 6.34. The highest BCUT2D eigenvalue weighted by Gasteiger charge is 2.25. The van der Waals surface area contributed by atoms with Crippen LogP contribution in [0.15, 0.2) is 17.4 Å². The van der Waals surface area contributed by atoms with Crippen LogP contribution in [0.25, 0.3) is 0 Å². The predicted octanol–water partition coefficient (Wildman–Crippen LogP) is 1.98. The SMILES string of the molecule is CCC1CCC(N(C)c2nnccc2/C(N)=N/O)CC1. The Bertz CT molecular complexity index is 468. The van der Waals surface area contributed by atoms with Crippen LogP contribution in [0.3, 0.4) is 0 Å². The number of nitrogens with two attached hydrogens (primary N) is 1. The monoisotopic (exact) mass is 277 g/mol. The number of oxime groups is 1. The van der Waals surface area contributed by atoms with E-state index in [9.17, 15) is 0 Å². The molecule has 6 nitrogen and oxygen atoms in total. The average molecular weight is 277 g/mol. The molecule has 1 aromatic heterocycles. The molecular formula is C14H23N5O. The largest absolute Gasteiger partial charge is 0.409 e. The maximum atomic E-state index is 8.87. The highest BCUT2D eigenvalue weighted by molar-refractivity contribution is 6.01. The van der Waals surface area contributed by atoms with Crippen molar-refractivity contribution in [1.82, 2.24) is 10.2 Å². The molecule has 0 spiro atoms. The average Bonchev–Trinajstić information content (AvgIpc) is 2.53. The van der Waals surface area contributed by atoms with E-state index in [1.807, 2.05) is 7.05 Å². The zero-order chi connectivity index (χ0) is 14.5. The predicted molar refractivity (Wildman–Crippen MR) is 79.0 cm³/mol. The Morgan fingerprint density at radius 1 is 1.45 bits per heavy atom. The van der Waals surface area contributed by atoms with Gasteiger partial charge in [-0.05, 0) is 37.7 Å². The van der Waals surface area contributed by atoms with Crippen molar-refractivity contribution >= 4 is 11.7 Å². The lowest BCUT2D eigenvalue weighted by molar-refractivity contribution is 0.312. The van der Waals surface area contributed by atoms with Gasteiger partial charge in [0.1, 0.15) is 0 Å². The summed E-state index contributed by atoms with van der Waals surface area (Å²) in [7, 11) is 2.01. The second kappa shape index (κ2) is 6.54. The summed E-state index contributed by atoms with van der Waals surface area (Å²) in [5, 5.41) is 20.0. The van der Waals surface area contributed by atoms with Crippen LogP contribution in [-0.2, 0) is 0 Å². The van der Waals surface area contributed by atoms with Crippen molar-refractivity contribution in [2.45, 2.75) is 45.1 Å². The van der Waals surface area contributed by atoms with E-state index in [1.165, 1.54) is 19.3 Å². The minimum atomic E-state index is 0.0731. The van der Waals surface area contributed by atoms with Crippen LogP contribution in [0.4, 0.5) is 5.82 Å². The van der Waals surface area contributed by atoms with E-state index in [2.05, 4.69) is 27.2 Å². The summed E-state index contributed by atoms with van der Waals surface area (Å²) >= 11 is 0. The molecule has 0 saturated heterocycles. The van der Waals surface area contributed by atoms with Crippen LogP contribution in [0.1, 0.15) is 44.6 Å². The van der Waals surface area contributed by atoms with Crippen molar-refractivity contribution in [3.63, 3.8) is 0 Å². The van der Waals surface area contributed by atoms with Gasteiger partial charge in [-0.2, -0.15) is 5.10 Å². The Balaban J connectivity index is 2.15. The Hall–Kier alpha value is -1.85. The topological polar surface area (TPSA) is 87.6 Å². The van der Waals surface area contributed by atoms with Crippen molar-refractivity contribution in [3.05, 3.63) is 17.8 Å². The molecule has 0 radical (unpaired) electrons. The van der Waals surface area contributed by atoms with Gasteiger partial charge in [0, 0.05) is 13.1 Å². The molecule has 0 aliphatic heterocycles. The molecule has 0 atom stereocenters. The molecule has 0 amide bonds. The van der Waals surface area contributed by atoms with E-state index in [0.717, 1.165) is 18.8 Å². The first-order chi connectivity index (χ1) is 9.67. The number of nitrogens with zero attached hydrogens (tertiary/aromatic N) is 4. The first-order valence-electron chi connectivity index (χ1n) is 7.19. The third-order valence-corrected chi connectivity index (χ3v) is 4.36. The Kier molecular flexibility index (Phi) is 4.76. The molecule has 110 valence electrons. The van der Waals surface area contributed by atoms with Gasteiger partial charge in [0.25, 0.3) is 0 Å². The smallest absolute Gasteiger partial charge is 0.173 e. The molecule has 3 N–H and O–H groups in total. The number of rotatable bonds is 4. The molecule has 2 rings (SSSR count). The molecule has 1 heterocycles. The third kappa shape index (κ3) is 3.00. The van der Waals surface area contributed by atoms with Crippen molar-refractivity contribution in [1.29, 1.82) is 0 Å². The molecule has 6 heteroatoms. The first kappa shape index (κ1) is 14.6. The van der Waals surface area contributed by atoms with Gasteiger partial charge in [-0.3, -0.25) is 0 Å². The van der Waals surface area contributed by atoms with Crippen LogP contribution < -0.4 is 10.6 Å². The Labute approximate surface area is 119 Å². The standard InChI is InChI=1S/C14H23N5O/c1-3-10-4-6-11(7-5-10)19(2)14-12(13(15)18-20)8-9-16-17-14/h8-11,20H,3-7H2,1-2H3,(H2,15,18). The quantitative estimate of drug-likeness (QED) is 0.380. The lowest BCUT2D eigenvalue weighted by Crippen LogP contribution is -2.37. The highest BCUT2D eigenvalue weighted by Crippen LogP contribution is 2.31. The number of amidine groups is 1. The van der Waals surface area contributed by atoms with Gasteiger partial charge in [-0.15, -0.1) is 5.10 Å². The summed E-state index contributed by atoms with van der Waals surface area (Å²) < 4.78 is 0. The summed E-state index contributed by atoms with van der Waals surface area (Å²) in [5.74, 6) is 1.61. The fourth-order valence-electron chi connectivity index (χ4n) is 2.95. The molecule has 0 bridgehead atoms. The van der Waals surface area contributed by atoms with Gasteiger partial charge in [-0.1, -0.05) is 18.5 Å². The fourth-order valence-corrected chi connectivity index (χ4v) is 2.95. The van der Waals surface area contributed by atoms with Crippen LogP contribution >= 0.6 is 0 Å². The molecule has 0 aromatic carbocycles. The maximum Gasteiger partial charge on any atom is 0.173 e. The number of aromatic nitrogens is 2. The zero-order valence-electron chi connectivity index (χ0n) is 12.2. The number of hydrogen-bond acceptors (Lipinski definition) is 5. The van der Waals surface area contributed by atoms with Crippen LogP contribution in [-0.4, -0.2) is 34.3 Å². The fraction of sp³-hybridized carbons (Fsp3) is 0.643. The van der Waals surface area contributed by atoms with Crippen molar-refractivity contribution < 1.29 is 5.21 Å². The van der Waals surface area contributed by atoms with Crippen LogP contribution in [0.2, 0.25) is 0 Å². The lowest BCUT2D eigenvalue weighted by Gasteiger charge is -2.35. The molecule has 1 aliphatic rings. The molecule has 1 aromatic rings. The Morgan fingerprint density at radius 2 is 2.15 bits per heavy atom. The summed E-state index contributed by atoms with van der Waals surface area (Å²) in [6.07, 6.45) is 7.63. The van der Waals surface area contributed by atoms with E-state index < -0.39 is 0 Å². The number of anilines is 1. The van der Waals surface area contributed by atoms with Crippen molar-refractivity contribution in [3.8, 4) is 0 Å². The molecule has 1 fully saturated rings. The van der Waals surface area contributed by atoms with E-state index >= 15 is 0 Å². The van der Waals surface area contributed by atoms with E-state index in [0.29, 0.717) is 17.4 Å². The van der Waals surface area contributed by atoms with Gasteiger partial charge in [0.15, 0.2) is 11.7 Å². The summed E-state index contributed by atoms with van der Waals surface area (Å²) in [6, 6.07) is 2.17. The van der Waals surface area contributed by atoms with E-state index in [-0.39, 0.29) is 5.84 Å². The second-order valence-electron chi connectivity index (χ2n) is 5.45. The third-order valence-electron chi connectivity index (χ3n) is 4.36. The van der Waals surface area contributed by atoms with Gasteiger partial charge < -0.3 is 15.8 Å². The highest BCUT2D eigenvalue weighted by atomic mass is 16.4. The van der Waals surface area contributed by atoms with E-state index in [1.54, 1.807) is 12.3 Å². The van der Waals surface area contributed by atoms with Gasteiger partial charge in [0.05, 0.1) is 11.8 Å². The van der Waals surface area contributed by atoms with Crippen molar-refractivity contribution in [2.24, 2.45) is 16.8 Å². The summed E-state index contributed by atoms with van der Waals surface area (Å²) in [4.78, 5) is 2.12. The van der Waals surface area contributed by atoms with E-state index in [4.69, 9.17) is 10.9 Å².